The Morgan fingerprint density at radius 3 is 2.50 bits per heavy atom. The molecule has 0 aromatic carbocycles. The predicted molar refractivity (Wildman–Crippen MR) is 83.8 cm³/mol. The molecule has 0 amide bonds. The standard InChI is InChI=1S/C15H23ClN4/c1-19(12-7-3-2-4-8-12)13-11-14(18-15(16)17-13)20-9-5-6-10-20/h11-12H,2-10H2,1H3. The van der Waals surface area contributed by atoms with Crippen LogP contribution >= 0.6 is 11.6 Å². The first-order valence-electron chi connectivity index (χ1n) is 7.76. The van der Waals surface area contributed by atoms with Crippen LogP contribution in [0.2, 0.25) is 5.28 Å². The molecule has 1 aliphatic carbocycles. The van der Waals surface area contributed by atoms with Crippen molar-refractivity contribution in [2.24, 2.45) is 0 Å². The molecule has 5 heteroatoms. The molecule has 0 radical (unpaired) electrons. The molecule has 1 aliphatic heterocycles. The van der Waals surface area contributed by atoms with Gasteiger partial charge in [0.2, 0.25) is 5.28 Å². The summed E-state index contributed by atoms with van der Waals surface area (Å²) < 4.78 is 0. The van der Waals surface area contributed by atoms with Crippen molar-refractivity contribution in [3.05, 3.63) is 11.3 Å². The molecule has 0 bridgehead atoms. The summed E-state index contributed by atoms with van der Waals surface area (Å²) in [6.45, 7) is 2.17. The SMILES string of the molecule is CN(c1cc(N2CCCC2)nc(Cl)n1)C1CCCCC1. The van der Waals surface area contributed by atoms with Crippen LogP contribution in [-0.4, -0.2) is 36.1 Å². The molecule has 1 aromatic rings. The molecule has 0 spiro atoms. The normalized spacial score (nSPS) is 20.4. The lowest BCUT2D eigenvalue weighted by Gasteiger charge is -2.32. The van der Waals surface area contributed by atoms with E-state index in [4.69, 9.17) is 11.6 Å². The summed E-state index contributed by atoms with van der Waals surface area (Å²) in [5.74, 6) is 1.96. The minimum Gasteiger partial charge on any atom is -0.356 e. The summed E-state index contributed by atoms with van der Waals surface area (Å²) in [4.78, 5) is 13.4. The number of rotatable bonds is 3. The topological polar surface area (TPSA) is 32.3 Å². The summed E-state index contributed by atoms with van der Waals surface area (Å²) in [5, 5.41) is 0.368. The largest absolute Gasteiger partial charge is 0.356 e. The molecule has 1 aromatic heterocycles. The second-order valence-corrected chi connectivity index (χ2v) is 6.29. The highest BCUT2D eigenvalue weighted by molar-refractivity contribution is 6.28. The van der Waals surface area contributed by atoms with Crippen molar-refractivity contribution < 1.29 is 0 Å². The quantitative estimate of drug-likeness (QED) is 0.799. The van der Waals surface area contributed by atoms with Crippen molar-refractivity contribution in [1.82, 2.24) is 9.97 Å². The molecule has 20 heavy (non-hydrogen) atoms. The van der Waals surface area contributed by atoms with E-state index < -0.39 is 0 Å². The smallest absolute Gasteiger partial charge is 0.226 e. The van der Waals surface area contributed by atoms with Gasteiger partial charge in [0.1, 0.15) is 11.6 Å². The highest BCUT2D eigenvalue weighted by Crippen LogP contribution is 2.28. The summed E-state index contributed by atoms with van der Waals surface area (Å²) in [7, 11) is 2.14. The molecule has 110 valence electrons. The highest BCUT2D eigenvalue weighted by atomic mass is 35.5. The van der Waals surface area contributed by atoms with Crippen molar-refractivity contribution >= 4 is 23.2 Å². The molecule has 1 saturated carbocycles. The van der Waals surface area contributed by atoms with Crippen molar-refractivity contribution in [3.8, 4) is 0 Å². The van der Waals surface area contributed by atoms with E-state index in [1.807, 2.05) is 0 Å². The Hall–Kier alpha value is -1.03. The second-order valence-electron chi connectivity index (χ2n) is 5.95. The average Bonchev–Trinajstić information content (AvgIpc) is 3.01. The molecule has 1 saturated heterocycles. The van der Waals surface area contributed by atoms with Gasteiger partial charge < -0.3 is 9.80 Å². The zero-order valence-corrected chi connectivity index (χ0v) is 12.9. The van der Waals surface area contributed by atoms with Gasteiger partial charge in [0.15, 0.2) is 0 Å². The molecule has 4 nitrogen and oxygen atoms in total. The van der Waals surface area contributed by atoms with E-state index >= 15 is 0 Å². The van der Waals surface area contributed by atoms with Gasteiger partial charge in [0.25, 0.3) is 0 Å². The van der Waals surface area contributed by atoms with E-state index in [0.717, 1.165) is 24.7 Å². The van der Waals surface area contributed by atoms with Gasteiger partial charge in [0.05, 0.1) is 0 Å². The van der Waals surface area contributed by atoms with E-state index in [-0.39, 0.29) is 0 Å². The Bertz CT molecular complexity index is 453. The Kier molecular flexibility index (Phi) is 4.29. The van der Waals surface area contributed by atoms with E-state index in [1.165, 1.54) is 44.9 Å². The summed E-state index contributed by atoms with van der Waals surface area (Å²) in [6.07, 6.45) is 9.03. The number of anilines is 2. The van der Waals surface area contributed by atoms with Gasteiger partial charge in [-0.05, 0) is 37.3 Å². The van der Waals surface area contributed by atoms with Crippen LogP contribution in [0.3, 0.4) is 0 Å². The third-order valence-corrected chi connectivity index (χ3v) is 4.75. The van der Waals surface area contributed by atoms with Crippen molar-refractivity contribution in [1.29, 1.82) is 0 Å². The summed E-state index contributed by atoms with van der Waals surface area (Å²) >= 11 is 6.14. The molecule has 0 unspecified atom stereocenters. The zero-order chi connectivity index (χ0) is 13.9. The Labute approximate surface area is 126 Å². The summed E-state index contributed by atoms with van der Waals surface area (Å²) in [5.41, 5.74) is 0. The van der Waals surface area contributed by atoms with Crippen LogP contribution in [-0.2, 0) is 0 Å². The van der Waals surface area contributed by atoms with Gasteiger partial charge in [-0.15, -0.1) is 0 Å². The fourth-order valence-corrected chi connectivity index (χ4v) is 3.51. The van der Waals surface area contributed by atoms with Crippen LogP contribution in [0, 0.1) is 0 Å². The van der Waals surface area contributed by atoms with Crippen molar-refractivity contribution in [2.45, 2.75) is 51.0 Å². The number of halogens is 1. The molecular weight excluding hydrogens is 272 g/mol. The molecular formula is C15H23ClN4. The zero-order valence-electron chi connectivity index (χ0n) is 12.2. The van der Waals surface area contributed by atoms with Gasteiger partial charge in [-0.2, -0.15) is 0 Å². The number of hydrogen-bond donors (Lipinski definition) is 0. The highest BCUT2D eigenvalue weighted by Gasteiger charge is 2.21. The first-order chi connectivity index (χ1) is 9.74. The Balaban J connectivity index is 1.80. The van der Waals surface area contributed by atoms with Crippen LogP contribution < -0.4 is 9.80 Å². The number of nitrogens with zero attached hydrogens (tertiary/aromatic N) is 4. The minimum absolute atomic E-state index is 0.368. The number of aromatic nitrogens is 2. The van der Waals surface area contributed by atoms with Gasteiger partial charge in [0, 0.05) is 32.2 Å². The first kappa shape index (κ1) is 13.9. The van der Waals surface area contributed by atoms with Crippen molar-refractivity contribution in [2.75, 3.05) is 29.9 Å². The van der Waals surface area contributed by atoms with Crippen LogP contribution in [0.15, 0.2) is 6.07 Å². The van der Waals surface area contributed by atoms with Crippen LogP contribution in [0.4, 0.5) is 11.6 Å². The monoisotopic (exact) mass is 294 g/mol. The number of hydrogen-bond acceptors (Lipinski definition) is 4. The average molecular weight is 295 g/mol. The third kappa shape index (κ3) is 3.00. The van der Waals surface area contributed by atoms with Gasteiger partial charge in [-0.25, -0.2) is 9.97 Å². The molecule has 0 atom stereocenters. The Morgan fingerprint density at radius 1 is 1.10 bits per heavy atom. The van der Waals surface area contributed by atoms with Crippen LogP contribution in [0.5, 0.6) is 0 Å². The summed E-state index contributed by atoms with van der Waals surface area (Å²) in [6, 6.07) is 2.70. The van der Waals surface area contributed by atoms with Gasteiger partial charge in [-0.1, -0.05) is 19.3 Å². The van der Waals surface area contributed by atoms with Gasteiger partial charge >= 0.3 is 0 Å². The van der Waals surface area contributed by atoms with Gasteiger partial charge in [-0.3, -0.25) is 0 Å². The maximum Gasteiger partial charge on any atom is 0.226 e. The van der Waals surface area contributed by atoms with Crippen molar-refractivity contribution in [3.63, 3.8) is 0 Å². The fourth-order valence-electron chi connectivity index (χ4n) is 3.34. The molecule has 3 rings (SSSR count). The lowest BCUT2D eigenvalue weighted by molar-refractivity contribution is 0.426. The molecule has 2 heterocycles. The fraction of sp³-hybridized carbons (Fsp3) is 0.733. The molecule has 0 N–H and O–H groups in total. The van der Waals surface area contributed by atoms with E-state index in [2.05, 4.69) is 32.9 Å². The van der Waals surface area contributed by atoms with Crippen LogP contribution in [0.25, 0.3) is 0 Å². The lowest BCUT2D eigenvalue weighted by atomic mass is 9.94. The maximum absolute atomic E-state index is 6.14. The van der Waals surface area contributed by atoms with Crippen LogP contribution in [0.1, 0.15) is 44.9 Å². The second kappa shape index (κ2) is 6.17. The third-order valence-electron chi connectivity index (χ3n) is 4.59. The Morgan fingerprint density at radius 2 is 1.80 bits per heavy atom. The molecule has 2 aliphatic rings. The minimum atomic E-state index is 0.368. The molecule has 2 fully saturated rings. The lowest BCUT2D eigenvalue weighted by Crippen LogP contribution is -2.34. The maximum atomic E-state index is 6.14. The van der Waals surface area contributed by atoms with E-state index in [9.17, 15) is 0 Å². The predicted octanol–water partition coefficient (Wildman–Crippen LogP) is 3.50. The first-order valence-corrected chi connectivity index (χ1v) is 8.14. The van der Waals surface area contributed by atoms with E-state index in [0.29, 0.717) is 11.3 Å². The van der Waals surface area contributed by atoms with E-state index in [1.54, 1.807) is 0 Å².